The summed E-state index contributed by atoms with van der Waals surface area (Å²) in [5.41, 5.74) is 0.466. The number of rotatable bonds is 1. The predicted octanol–water partition coefficient (Wildman–Crippen LogP) is 3.76. The molecule has 0 aromatic rings. The number of aldehydes is 1. The minimum absolute atomic E-state index is 0.120. The van der Waals surface area contributed by atoms with Gasteiger partial charge in [0, 0.05) is 24.2 Å². The molecule has 4 aliphatic carbocycles. The molecule has 3 saturated carbocycles. The molecular formula is C21H28O3. The second-order valence-corrected chi connectivity index (χ2v) is 9.04. The minimum Gasteiger partial charge on any atom is -0.302 e. The normalized spacial score (nSPS) is 50.6. The van der Waals surface area contributed by atoms with Crippen molar-refractivity contribution in [3.05, 3.63) is 11.6 Å². The number of allylic oxidation sites excluding steroid dienone is 2. The second-order valence-electron chi connectivity index (χ2n) is 9.04. The van der Waals surface area contributed by atoms with E-state index in [4.69, 9.17) is 0 Å². The summed E-state index contributed by atoms with van der Waals surface area (Å²) in [6, 6.07) is 0. The summed E-state index contributed by atoms with van der Waals surface area (Å²) in [6.07, 6.45) is 8.16. The topological polar surface area (TPSA) is 51.2 Å². The minimum atomic E-state index is -0.447. The van der Waals surface area contributed by atoms with Crippen LogP contribution in [-0.4, -0.2) is 17.9 Å². The number of carbonyl (C=O) groups is 3. The Labute approximate surface area is 144 Å². The molecule has 4 aliphatic rings. The van der Waals surface area contributed by atoms with Crippen LogP contribution in [0.3, 0.4) is 0 Å². The Morgan fingerprint density at radius 2 is 1.83 bits per heavy atom. The average Bonchev–Trinajstić information content (AvgIpc) is 2.87. The highest BCUT2D eigenvalue weighted by Gasteiger charge is 2.62. The summed E-state index contributed by atoms with van der Waals surface area (Å²) < 4.78 is 0. The fourth-order valence-corrected chi connectivity index (χ4v) is 6.88. The summed E-state index contributed by atoms with van der Waals surface area (Å²) >= 11 is 0. The molecule has 0 spiro atoms. The summed E-state index contributed by atoms with van der Waals surface area (Å²) in [5, 5.41) is 0. The molecule has 3 nitrogen and oxygen atoms in total. The van der Waals surface area contributed by atoms with Crippen LogP contribution in [-0.2, 0) is 14.4 Å². The van der Waals surface area contributed by atoms with E-state index in [0.717, 1.165) is 24.8 Å². The van der Waals surface area contributed by atoms with Crippen LogP contribution in [0.1, 0.15) is 59.3 Å². The third kappa shape index (κ3) is 1.82. The molecule has 24 heavy (non-hydrogen) atoms. The molecular weight excluding hydrogens is 300 g/mol. The van der Waals surface area contributed by atoms with Crippen LogP contribution in [0.5, 0.6) is 0 Å². The van der Waals surface area contributed by atoms with E-state index >= 15 is 0 Å². The Morgan fingerprint density at radius 3 is 2.54 bits per heavy atom. The lowest BCUT2D eigenvalue weighted by atomic mass is 9.45. The van der Waals surface area contributed by atoms with Crippen molar-refractivity contribution in [3.63, 3.8) is 0 Å². The molecule has 0 heterocycles. The molecule has 3 fully saturated rings. The lowest BCUT2D eigenvalue weighted by Crippen LogP contribution is -2.55. The fraction of sp³-hybridized carbons (Fsp3) is 0.762. The molecule has 0 saturated heterocycles. The van der Waals surface area contributed by atoms with E-state index in [0.29, 0.717) is 48.7 Å². The Morgan fingerprint density at radius 1 is 1.08 bits per heavy atom. The molecule has 130 valence electrons. The molecule has 0 radical (unpaired) electrons. The Balaban J connectivity index is 1.82. The zero-order chi connectivity index (χ0) is 17.3. The molecule has 7 atom stereocenters. The molecule has 0 aromatic heterocycles. The van der Waals surface area contributed by atoms with Gasteiger partial charge >= 0.3 is 0 Å². The summed E-state index contributed by atoms with van der Waals surface area (Å²) in [7, 11) is 0. The van der Waals surface area contributed by atoms with Crippen LogP contribution in [0.25, 0.3) is 0 Å². The largest absolute Gasteiger partial charge is 0.302 e. The molecule has 0 aliphatic heterocycles. The van der Waals surface area contributed by atoms with Crippen LogP contribution in [0.4, 0.5) is 0 Å². The monoisotopic (exact) mass is 328 g/mol. The van der Waals surface area contributed by atoms with Crippen LogP contribution < -0.4 is 0 Å². The zero-order valence-corrected chi connectivity index (χ0v) is 15.0. The predicted molar refractivity (Wildman–Crippen MR) is 91.2 cm³/mol. The SMILES string of the molecule is CC1C(=O)CC[C@@]2(C=O)C1=CC(C)[C@@H]1[C@H]2CC[C@]2(C)C(=O)CC[C@@H]12. The van der Waals surface area contributed by atoms with Gasteiger partial charge in [-0.05, 0) is 49.4 Å². The molecule has 3 heteroatoms. The fourth-order valence-electron chi connectivity index (χ4n) is 6.88. The van der Waals surface area contributed by atoms with Gasteiger partial charge in [0.05, 0.1) is 5.41 Å². The maximum atomic E-state index is 12.5. The number of Topliss-reactive ketones (excluding diaryl/α,β-unsaturated/α-hetero) is 2. The van der Waals surface area contributed by atoms with E-state index in [1.165, 1.54) is 6.29 Å². The number of carbonyl (C=O) groups excluding carboxylic acids is 3. The molecule has 0 bridgehead atoms. The van der Waals surface area contributed by atoms with Crippen LogP contribution in [0.2, 0.25) is 0 Å². The van der Waals surface area contributed by atoms with E-state index in [2.05, 4.69) is 19.9 Å². The highest BCUT2D eigenvalue weighted by atomic mass is 16.1. The van der Waals surface area contributed by atoms with Crippen LogP contribution in [0, 0.1) is 40.4 Å². The van der Waals surface area contributed by atoms with Crippen molar-refractivity contribution in [1.29, 1.82) is 0 Å². The Kier molecular flexibility index (Phi) is 3.47. The number of fused-ring (bicyclic) bond motifs is 5. The standard InChI is InChI=1S/C21H28O3/c1-12-10-16-13(2)17(23)7-9-21(16,11-22)15-6-8-20(3)14(19(12)15)4-5-18(20)24/h10-15,19H,4-9H2,1-3H3/t12?,13?,14-,15+,19-,20-,21-/m0/s1. The van der Waals surface area contributed by atoms with Crippen molar-refractivity contribution < 1.29 is 14.4 Å². The number of hydrogen-bond acceptors (Lipinski definition) is 3. The second kappa shape index (κ2) is 5.12. The summed E-state index contributed by atoms with van der Waals surface area (Å²) in [4.78, 5) is 37.1. The van der Waals surface area contributed by atoms with Crippen molar-refractivity contribution in [2.45, 2.75) is 59.3 Å². The van der Waals surface area contributed by atoms with Gasteiger partial charge in [0.15, 0.2) is 0 Å². The van der Waals surface area contributed by atoms with Gasteiger partial charge in [-0.1, -0.05) is 32.4 Å². The lowest BCUT2D eigenvalue weighted by Gasteiger charge is -2.57. The van der Waals surface area contributed by atoms with Gasteiger partial charge in [0.2, 0.25) is 0 Å². The Bertz CT molecular complexity index is 647. The lowest BCUT2D eigenvalue weighted by molar-refractivity contribution is -0.138. The van der Waals surface area contributed by atoms with E-state index in [9.17, 15) is 14.4 Å². The van der Waals surface area contributed by atoms with E-state index in [-0.39, 0.29) is 17.1 Å². The van der Waals surface area contributed by atoms with E-state index in [1.807, 2.05) is 6.92 Å². The molecule has 0 N–H and O–H groups in total. The molecule has 4 rings (SSSR count). The quantitative estimate of drug-likeness (QED) is 0.544. The van der Waals surface area contributed by atoms with Gasteiger partial charge in [0.25, 0.3) is 0 Å². The van der Waals surface area contributed by atoms with Gasteiger partial charge in [0.1, 0.15) is 17.9 Å². The van der Waals surface area contributed by atoms with Gasteiger partial charge in [-0.2, -0.15) is 0 Å². The first-order chi connectivity index (χ1) is 11.3. The van der Waals surface area contributed by atoms with Gasteiger partial charge in [-0.15, -0.1) is 0 Å². The highest BCUT2D eigenvalue weighted by Crippen LogP contribution is 2.65. The third-order valence-electron chi connectivity index (χ3n) is 8.24. The first-order valence-electron chi connectivity index (χ1n) is 9.59. The molecule has 0 amide bonds. The molecule has 0 aromatic carbocycles. The maximum Gasteiger partial charge on any atom is 0.139 e. The van der Waals surface area contributed by atoms with Crippen molar-refractivity contribution in [2.75, 3.05) is 0 Å². The average molecular weight is 328 g/mol. The first-order valence-corrected chi connectivity index (χ1v) is 9.59. The summed E-state index contributed by atoms with van der Waals surface area (Å²) in [5.74, 6) is 2.06. The van der Waals surface area contributed by atoms with Crippen molar-refractivity contribution in [2.24, 2.45) is 40.4 Å². The van der Waals surface area contributed by atoms with Gasteiger partial charge < -0.3 is 4.79 Å². The number of hydrogen-bond donors (Lipinski definition) is 0. The van der Waals surface area contributed by atoms with Crippen molar-refractivity contribution in [3.8, 4) is 0 Å². The van der Waals surface area contributed by atoms with Gasteiger partial charge in [-0.25, -0.2) is 0 Å². The zero-order valence-electron chi connectivity index (χ0n) is 15.0. The Hall–Kier alpha value is -1.25. The maximum absolute atomic E-state index is 12.5. The highest BCUT2D eigenvalue weighted by molar-refractivity contribution is 5.89. The summed E-state index contributed by atoms with van der Waals surface area (Å²) in [6.45, 7) is 6.38. The van der Waals surface area contributed by atoms with Crippen molar-refractivity contribution in [1.82, 2.24) is 0 Å². The van der Waals surface area contributed by atoms with Gasteiger partial charge in [-0.3, -0.25) is 9.59 Å². The van der Waals surface area contributed by atoms with Crippen molar-refractivity contribution >= 4 is 17.9 Å². The molecule has 2 unspecified atom stereocenters. The van der Waals surface area contributed by atoms with E-state index in [1.54, 1.807) is 0 Å². The number of ketones is 2. The van der Waals surface area contributed by atoms with Crippen LogP contribution in [0.15, 0.2) is 11.6 Å². The third-order valence-corrected chi connectivity index (χ3v) is 8.24. The smallest absolute Gasteiger partial charge is 0.139 e. The van der Waals surface area contributed by atoms with Crippen LogP contribution >= 0.6 is 0 Å². The first kappa shape index (κ1) is 16.2. The van der Waals surface area contributed by atoms with E-state index < -0.39 is 5.41 Å².